The third-order valence-electron chi connectivity index (χ3n) is 2.82. The van der Waals surface area contributed by atoms with Gasteiger partial charge in [0.1, 0.15) is 5.56 Å². The number of nitrogens with zero attached hydrogens (tertiary/aromatic N) is 2. The van der Waals surface area contributed by atoms with Crippen LogP contribution in [0.1, 0.15) is 30.1 Å². The minimum atomic E-state index is -0.611. The van der Waals surface area contributed by atoms with Crippen LogP contribution in [0.5, 0.6) is 0 Å². The van der Waals surface area contributed by atoms with Crippen molar-refractivity contribution in [2.24, 2.45) is 0 Å². The van der Waals surface area contributed by atoms with Crippen LogP contribution >= 0.6 is 11.6 Å². The number of unbranched alkanes of at least 4 members (excludes halogenated alkanes) is 1. The Balaban J connectivity index is 3.09. The standard InChI is InChI=1S/C13H17ClN2O4/c1-2-3-6-15(7-8-17)13(18)11-9-10(14)4-5-12(11)16(19)20/h4-5,9,17H,2-3,6-8H2,1H3. The van der Waals surface area contributed by atoms with Gasteiger partial charge in [-0.2, -0.15) is 0 Å². The van der Waals surface area contributed by atoms with Crippen LogP contribution in [0.2, 0.25) is 5.02 Å². The lowest BCUT2D eigenvalue weighted by atomic mass is 10.1. The van der Waals surface area contributed by atoms with Crippen LogP contribution in [0.4, 0.5) is 5.69 Å². The van der Waals surface area contributed by atoms with Crippen LogP contribution in [0.3, 0.4) is 0 Å². The molecule has 0 saturated heterocycles. The first-order valence-corrected chi connectivity index (χ1v) is 6.73. The average Bonchev–Trinajstić information content (AvgIpc) is 2.42. The molecule has 0 aliphatic heterocycles. The molecule has 1 rings (SSSR count). The third-order valence-corrected chi connectivity index (χ3v) is 3.06. The number of benzene rings is 1. The van der Waals surface area contributed by atoms with Crippen molar-refractivity contribution >= 4 is 23.2 Å². The molecule has 0 heterocycles. The highest BCUT2D eigenvalue weighted by Gasteiger charge is 2.24. The van der Waals surface area contributed by atoms with Gasteiger partial charge in [-0.3, -0.25) is 14.9 Å². The molecule has 0 saturated carbocycles. The highest BCUT2D eigenvalue weighted by atomic mass is 35.5. The molecule has 20 heavy (non-hydrogen) atoms. The van der Waals surface area contributed by atoms with Gasteiger partial charge in [0.15, 0.2) is 0 Å². The number of halogens is 1. The number of carbonyl (C=O) groups excluding carboxylic acids is 1. The number of aliphatic hydroxyl groups is 1. The minimum Gasteiger partial charge on any atom is -0.395 e. The Labute approximate surface area is 122 Å². The van der Waals surface area contributed by atoms with Crippen molar-refractivity contribution in [3.05, 3.63) is 38.9 Å². The van der Waals surface area contributed by atoms with E-state index in [0.717, 1.165) is 12.8 Å². The Morgan fingerprint density at radius 3 is 2.70 bits per heavy atom. The Bertz CT molecular complexity index is 493. The average molecular weight is 301 g/mol. The van der Waals surface area contributed by atoms with Gasteiger partial charge in [-0.25, -0.2) is 0 Å². The summed E-state index contributed by atoms with van der Waals surface area (Å²) in [5, 5.41) is 20.2. The Hall–Kier alpha value is -1.66. The zero-order chi connectivity index (χ0) is 15.1. The van der Waals surface area contributed by atoms with E-state index >= 15 is 0 Å². The number of nitro groups is 1. The molecule has 0 fully saturated rings. The van der Waals surface area contributed by atoms with E-state index in [0.29, 0.717) is 6.54 Å². The fourth-order valence-corrected chi connectivity index (χ4v) is 1.97. The molecule has 0 unspecified atom stereocenters. The number of aliphatic hydroxyl groups excluding tert-OH is 1. The molecule has 1 amide bonds. The molecule has 6 nitrogen and oxygen atoms in total. The van der Waals surface area contributed by atoms with Gasteiger partial charge in [-0.15, -0.1) is 0 Å². The molecule has 0 aliphatic carbocycles. The second-order valence-electron chi connectivity index (χ2n) is 4.29. The monoisotopic (exact) mass is 300 g/mol. The van der Waals surface area contributed by atoms with Gasteiger partial charge in [0.2, 0.25) is 0 Å². The first-order valence-electron chi connectivity index (χ1n) is 6.35. The van der Waals surface area contributed by atoms with Gasteiger partial charge in [0, 0.05) is 24.2 Å². The van der Waals surface area contributed by atoms with E-state index in [-0.39, 0.29) is 29.4 Å². The summed E-state index contributed by atoms with van der Waals surface area (Å²) in [6.07, 6.45) is 1.65. The van der Waals surface area contributed by atoms with Crippen LogP contribution in [0.25, 0.3) is 0 Å². The largest absolute Gasteiger partial charge is 0.395 e. The second kappa shape index (κ2) is 7.81. The number of rotatable bonds is 7. The number of carbonyl (C=O) groups is 1. The van der Waals surface area contributed by atoms with Crippen molar-refractivity contribution in [2.75, 3.05) is 19.7 Å². The predicted molar refractivity (Wildman–Crippen MR) is 76.0 cm³/mol. The molecule has 0 bridgehead atoms. The van der Waals surface area contributed by atoms with E-state index in [4.69, 9.17) is 16.7 Å². The smallest absolute Gasteiger partial charge is 0.282 e. The van der Waals surface area contributed by atoms with Crippen LogP contribution in [-0.4, -0.2) is 40.5 Å². The summed E-state index contributed by atoms with van der Waals surface area (Å²) in [5.41, 5.74) is -0.328. The highest BCUT2D eigenvalue weighted by Crippen LogP contribution is 2.24. The lowest BCUT2D eigenvalue weighted by molar-refractivity contribution is -0.385. The van der Waals surface area contributed by atoms with Gasteiger partial charge in [0.25, 0.3) is 11.6 Å². The number of nitro benzene ring substituents is 1. The molecule has 7 heteroatoms. The minimum absolute atomic E-state index is 0.0490. The Morgan fingerprint density at radius 2 is 2.15 bits per heavy atom. The summed E-state index contributed by atoms with van der Waals surface area (Å²) >= 11 is 5.81. The number of hydrogen-bond acceptors (Lipinski definition) is 4. The van der Waals surface area contributed by atoms with E-state index in [1.165, 1.54) is 23.1 Å². The second-order valence-corrected chi connectivity index (χ2v) is 4.72. The Kier molecular flexibility index (Phi) is 6.41. The molecular weight excluding hydrogens is 284 g/mol. The van der Waals surface area contributed by atoms with E-state index in [1.807, 2.05) is 6.92 Å². The topological polar surface area (TPSA) is 83.7 Å². The highest BCUT2D eigenvalue weighted by molar-refractivity contribution is 6.31. The quantitative estimate of drug-likeness (QED) is 0.619. The Morgan fingerprint density at radius 1 is 1.45 bits per heavy atom. The molecule has 1 N–H and O–H groups in total. The summed E-state index contributed by atoms with van der Waals surface area (Å²) < 4.78 is 0. The molecule has 110 valence electrons. The fourth-order valence-electron chi connectivity index (χ4n) is 1.79. The maximum Gasteiger partial charge on any atom is 0.282 e. The maximum atomic E-state index is 12.4. The molecule has 1 aromatic rings. The van der Waals surface area contributed by atoms with E-state index in [2.05, 4.69) is 0 Å². The fraction of sp³-hybridized carbons (Fsp3) is 0.462. The summed E-state index contributed by atoms with van der Waals surface area (Å²) in [7, 11) is 0. The van der Waals surface area contributed by atoms with Crippen molar-refractivity contribution in [2.45, 2.75) is 19.8 Å². The summed E-state index contributed by atoms with van der Waals surface area (Å²) in [6, 6.07) is 3.88. The first kappa shape index (κ1) is 16.4. The van der Waals surface area contributed by atoms with Crippen LogP contribution < -0.4 is 0 Å². The van der Waals surface area contributed by atoms with Crippen LogP contribution in [-0.2, 0) is 0 Å². The van der Waals surface area contributed by atoms with E-state index in [1.54, 1.807) is 0 Å². The molecule has 1 aromatic carbocycles. The molecule has 0 atom stereocenters. The van der Waals surface area contributed by atoms with Crippen molar-refractivity contribution in [3.8, 4) is 0 Å². The van der Waals surface area contributed by atoms with Gasteiger partial charge in [-0.1, -0.05) is 24.9 Å². The summed E-state index contributed by atoms with van der Waals surface area (Å²) in [5.74, 6) is -0.485. The van der Waals surface area contributed by atoms with Crippen LogP contribution in [0, 0.1) is 10.1 Å². The predicted octanol–water partition coefficient (Wildman–Crippen LogP) is 2.48. The molecule has 0 radical (unpaired) electrons. The van der Waals surface area contributed by atoms with Gasteiger partial charge >= 0.3 is 0 Å². The summed E-state index contributed by atoms with van der Waals surface area (Å²) in [6.45, 7) is 2.37. The van der Waals surface area contributed by atoms with Gasteiger partial charge < -0.3 is 10.0 Å². The SMILES string of the molecule is CCCCN(CCO)C(=O)c1cc(Cl)ccc1[N+](=O)[O-]. The molecule has 0 aromatic heterocycles. The van der Waals surface area contributed by atoms with Gasteiger partial charge in [-0.05, 0) is 18.6 Å². The molecule has 0 aliphatic rings. The lowest BCUT2D eigenvalue weighted by Gasteiger charge is -2.21. The summed E-state index contributed by atoms with van der Waals surface area (Å²) in [4.78, 5) is 24.1. The number of hydrogen-bond donors (Lipinski definition) is 1. The van der Waals surface area contributed by atoms with Crippen molar-refractivity contribution < 1.29 is 14.8 Å². The van der Waals surface area contributed by atoms with E-state index in [9.17, 15) is 14.9 Å². The van der Waals surface area contributed by atoms with Crippen LogP contribution in [0.15, 0.2) is 18.2 Å². The maximum absolute atomic E-state index is 12.4. The van der Waals surface area contributed by atoms with Crippen molar-refractivity contribution in [1.82, 2.24) is 4.90 Å². The molecule has 0 spiro atoms. The molecular formula is C13H17ClN2O4. The first-order chi connectivity index (χ1) is 9.51. The zero-order valence-corrected chi connectivity index (χ0v) is 12.0. The van der Waals surface area contributed by atoms with Crippen molar-refractivity contribution in [1.29, 1.82) is 0 Å². The zero-order valence-electron chi connectivity index (χ0n) is 11.2. The number of amides is 1. The third kappa shape index (κ3) is 4.18. The van der Waals surface area contributed by atoms with E-state index < -0.39 is 10.8 Å². The lowest BCUT2D eigenvalue weighted by Crippen LogP contribution is -2.34. The van der Waals surface area contributed by atoms with Crippen molar-refractivity contribution in [3.63, 3.8) is 0 Å². The normalized spacial score (nSPS) is 10.3. The van der Waals surface area contributed by atoms with Gasteiger partial charge in [0.05, 0.1) is 11.5 Å².